The molecule has 0 radical (unpaired) electrons. The van der Waals surface area contributed by atoms with Gasteiger partial charge in [0, 0.05) is 11.1 Å². The second-order valence-corrected chi connectivity index (χ2v) is 5.57. The SMILES string of the molecule is O=c1oc2cccnc2c(O)c1Sc1ccccc1C(F)(F)F. The fraction of sp³-hybridized carbons (Fsp3) is 0.0667. The van der Waals surface area contributed by atoms with Crippen LogP contribution < -0.4 is 5.63 Å². The molecular formula is C15H8F3NO3S. The van der Waals surface area contributed by atoms with E-state index in [0.29, 0.717) is 11.8 Å². The number of aromatic hydroxyl groups is 1. The van der Waals surface area contributed by atoms with E-state index in [4.69, 9.17) is 4.42 Å². The maximum Gasteiger partial charge on any atom is 0.417 e. The van der Waals surface area contributed by atoms with E-state index in [-0.39, 0.29) is 20.9 Å². The van der Waals surface area contributed by atoms with Gasteiger partial charge in [0.25, 0.3) is 0 Å². The van der Waals surface area contributed by atoms with Crippen molar-refractivity contribution in [3.63, 3.8) is 0 Å². The van der Waals surface area contributed by atoms with Gasteiger partial charge in [-0.15, -0.1) is 0 Å². The Morgan fingerprint density at radius 3 is 2.61 bits per heavy atom. The molecule has 118 valence electrons. The molecule has 8 heteroatoms. The molecule has 0 amide bonds. The Labute approximate surface area is 131 Å². The molecule has 2 heterocycles. The monoisotopic (exact) mass is 339 g/mol. The summed E-state index contributed by atoms with van der Waals surface area (Å²) in [4.78, 5) is 15.3. The van der Waals surface area contributed by atoms with E-state index in [1.165, 1.54) is 36.5 Å². The molecule has 2 aromatic heterocycles. The predicted molar refractivity (Wildman–Crippen MR) is 77.5 cm³/mol. The summed E-state index contributed by atoms with van der Waals surface area (Å²) in [7, 11) is 0. The van der Waals surface area contributed by atoms with Crippen molar-refractivity contribution in [2.24, 2.45) is 0 Å². The lowest BCUT2D eigenvalue weighted by atomic mass is 10.2. The Hall–Kier alpha value is -2.48. The molecule has 0 unspecified atom stereocenters. The lowest BCUT2D eigenvalue weighted by molar-refractivity contribution is -0.139. The largest absolute Gasteiger partial charge is 0.504 e. The Bertz CT molecular complexity index is 937. The first-order valence-electron chi connectivity index (χ1n) is 6.33. The van der Waals surface area contributed by atoms with Gasteiger partial charge in [0.2, 0.25) is 0 Å². The molecule has 23 heavy (non-hydrogen) atoms. The molecule has 0 saturated heterocycles. The molecular weight excluding hydrogens is 331 g/mol. The summed E-state index contributed by atoms with van der Waals surface area (Å²) in [6.07, 6.45) is -3.20. The zero-order chi connectivity index (χ0) is 16.6. The third kappa shape index (κ3) is 2.89. The van der Waals surface area contributed by atoms with Crippen LogP contribution in [-0.2, 0) is 6.18 Å². The predicted octanol–water partition coefficient (Wildman–Crippen LogP) is 4.06. The lowest BCUT2D eigenvalue weighted by Crippen LogP contribution is -2.08. The average molecular weight is 339 g/mol. The van der Waals surface area contributed by atoms with Gasteiger partial charge >= 0.3 is 11.8 Å². The number of halogens is 3. The quantitative estimate of drug-likeness (QED) is 0.763. The second-order valence-electron chi connectivity index (χ2n) is 4.51. The van der Waals surface area contributed by atoms with Gasteiger partial charge in [-0.1, -0.05) is 23.9 Å². The van der Waals surface area contributed by atoms with Gasteiger partial charge in [-0.25, -0.2) is 9.78 Å². The maximum absolute atomic E-state index is 13.0. The summed E-state index contributed by atoms with van der Waals surface area (Å²) in [5.41, 5.74) is -1.75. The highest BCUT2D eigenvalue weighted by molar-refractivity contribution is 7.99. The second kappa shape index (κ2) is 5.62. The van der Waals surface area contributed by atoms with Gasteiger partial charge < -0.3 is 9.52 Å². The first-order valence-corrected chi connectivity index (χ1v) is 7.14. The molecule has 0 fully saturated rings. The summed E-state index contributed by atoms with van der Waals surface area (Å²) in [5.74, 6) is -0.501. The van der Waals surface area contributed by atoms with Crippen LogP contribution in [0, 0.1) is 0 Å². The van der Waals surface area contributed by atoms with Crippen molar-refractivity contribution < 1.29 is 22.7 Å². The zero-order valence-electron chi connectivity index (χ0n) is 11.3. The molecule has 3 aromatic rings. The molecule has 0 bridgehead atoms. The normalized spacial score (nSPS) is 11.8. The van der Waals surface area contributed by atoms with Crippen LogP contribution in [0.1, 0.15) is 5.56 Å². The zero-order valence-corrected chi connectivity index (χ0v) is 12.1. The summed E-state index contributed by atoms with van der Waals surface area (Å²) >= 11 is 0.493. The molecule has 0 aliphatic heterocycles. The van der Waals surface area contributed by atoms with Crippen LogP contribution in [0.3, 0.4) is 0 Å². The molecule has 1 N–H and O–H groups in total. The third-order valence-corrected chi connectivity index (χ3v) is 4.14. The molecule has 4 nitrogen and oxygen atoms in total. The van der Waals surface area contributed by atoms with Crippen LogP contribution in [0.5, 0.6) is 5.75 Å². The number of hydrogen-bond donors (Lipinski definition) is 1. The van der Waals surface area contributed by atoms with Gasteiger partial charge in [0.1, 0.15) is 10.4 Å². The van der Waals surface area contributed by atoms with E-state index in [9.17, 15) is 23.1 Å². The van der Waals surface area contributed by atoms with E-state index in [1.807, 2.05) is 0 Å². The van der Waals surface area contributed by atoms with Crippen LogP contribution in [0.2, 0.25) is 0 Å². The summed E-state index contributed by atoms with van der Waals surface area (Å²) < 4.78 is 44.0. The van der Waals surface area contributed by atoms with Crippen molar-refractivity contribution in [2.75, 3.05) is 0 Å². The van der Waals surface area contributed by atoms with Crippen molar-refractivity contribution in [3.8, 4) is 5.75 Å². The number of benzene rings is 1. The van der Waals surface area contributed by atoms with Crippen LogP contribution in [0.15, 0.2) is 61.6 Å². The highest BCUT2D eigenvalue weighted by Crippen LogP contribution is 2.41. The third-order valence-electron chi connectivity index (χ3n) is 3.00. The molecule has 0 aliphatic carbocycles. The van der Waals surface area contributed by atoms with Crippen molar-refractivity contribution in [2.45, 2.75) is 16.0 Å². The van der Waals surface area contributed by atoms with Gasteiger partial charge in [0.05, 0.1) is 5.56 Å². The number of nitrogens with zero attached hydrogens (tertiary/aromatic N) is 1. The Kier molecular flexibility index (Phi) is 3.77. The Morgan fingerprint density at radius 2 is 1.87 bits per heavy atom. The van der Waals surface area contributed by atoms with Crippen molar-refractivity contribution in [1.82, 2.24) is 4.98 Å². The average Bonchev–Trinajstić information content (AvgIpc) is 2.51. The van der Waals surface area contributed by atoms with Crippen molar-refractivity contribution in [1.29, 1.82) is 0 Å². The number of pyridine rings is 1. The minimum atomic E-state index is -4.57. The minimum absolute atomic E-state index is 0.0130. The fourth-order valence-electron chi connectivity index (χ4n) is 1.99. The van der Waals surface area contributed by atoms with Crippen LogP contribution in [0.25, 0.3) is 11.1 Å². The highest BCUT2D eigenvalue weighted by atomic mass is 32.2. The fourth-order valence-corrected chi connectivity index (χ4v) is 2.97. The van der Waals surface area contributed by atoms with Gasteiger partial charge in [-0.2, -0.15) is 13.2 Å². The number of fused-ring (bicyclic) bond motifs is 1. The number of alkyl halides is 3. The van der Waals surface area contributed by atoms with Gasteiger partial charge in [-0.3, -0.25) is 0 Å². The summed E-state index contributed by atoms with van der Waals surface area (Å²) in [5, 5.41) is 10.2. The number of hydrogen-bond acceptors (Lipinski definition) is 5. The van der Waals surface area contributed by atoms with E-state index in [1.54, 1.807) is 0 Å². The number of aromatic nitrogens is 1. The smallest absolute Gasteiger partial charge is 0.417 e. The van der Waals surface area contributed by atoms with E-state index in [0.717, 1.165) is 6.07 Å². The number of rotatable bonds is 2. The summed E-state index contributed by atoms with van der Waals surface area (Å²) in [6, 6.07) is 7.72. The Morgan fingerprint density at radius 1 is 1.13 bits per heavy atom. The van der Waals surface area contributed by atoms with Crippen LogP contribution >= 0.6 is 11.8 Å². The minimum Gasteiger partial charge on any atom is -0.504 e. The maximum atomic E-state index is 13.0. The van der Waals surface area contributed by atoms with E-state index < -0.39 is 23.1 Å². The van der Waals surface area contributed by atoms with Crippen molar-refractivity contribution in [3.05, 3.63) is 58.6 Å². The van der Waals surface area contributed by atoms with E-state index >= 15 is 0 Å². The molecule has 0 aliphatic rings. The molecule has 0 atom stereocenters. The topological polar surface area (TPSA) is 63.3 Å². The molecule has 3 rings (SSSR count). The van der Waals surface area contributed by atoms with E-state index in [2.05, 4.69) is 4.98 Å². The molecule has 0 spiro atoms. The standard InChI is InChI=1S/C15H8F3NO3S/c16-15(17,18)8-4-1-2-6-10(8)23-13-12(20)11-9(22-14(13)21)5-3-7-19-11/h1-7,20H. The highest BCUT2D eigenvalue weighted by Gasteiger charge is 2.34. The summed E-state index contributed by atoms with van der Waals surface area (Å²) in [6.45, 7) is 0. The lowest BCUT2D eigenvalue weighted by Gasteiger charge is -2.12. The first-order chi connectivity index (χ1) is 10.9. The van der Waals surface area contributed by atoms with Crippen LogP contribution in [0.4, 0.5) is 13.2 Å². The van der Waals surface area contributed by atoms with Gasteiger partial charge in [-0.05, 0) is 24.3 Å². The van der Waals surface area contributed by atoms with Crippen molar-refractivity contribution >= 4 is 22.9 Å². The molecule has 0 saturated carbocycles. The Balaban J connectivity index is 2.15. The first kappa shape index (κ1) is 15.4. The molecule has 1 aromatic carbocycles. The van der Waals surface area contributed by atoms with Gasteiger partial charge in [0.15, 0.2) is 11.3 Å². The van der Waals surface area contributed by atoms with Crippen LogP contribution in [-0.4, -0.2) is 10.1 Å².